The summed E-state index contributed by atoms with van der Waals surface area (Å²) in [6.07, 6.45) is 3.48. The molecule has 18 heavy (non-hydrogen) atoms. The predicted molar refractivity (Wildman–Crippen MR) is 74.5 cm³/mol. The largest absolute Gasteiger partial charge is 0.348 e. The van der Waals surface area contributed by atoms with Gasteiger partial charge in [0.2, 0.25) is 10.0 Å². The zero-order valence-electron chi connectivity index (χ0n) is 10.7. The highest BCUT2D eigenvalue weighted by atomic mass is 32.2. The van der Waals surface area contributed by atoms with Crippen molar-refractivity contribution >= 4 is 26.5 Å². The fraction of sp³-hybridized carbons (Fsp3) is 0.727. The molecule has 0 radical (unpaired) electrons. The molecule has 0 atom stereocenters. The Morgan fingerprint density at radius 3 is 2.61 bits per heavy atom. The number of thiazole rings is 1. The average Bonchev–Trinajstić information content (AvgIpc) is 2.83. The minimum absolute atomic E-state index is 0.0635. The summed E-state index contributed by atoms with van der Waals surface area (Å²) in [6, 6.07) is 0.0635. The lowest BCUT2D eigenvalue weighted by Crippen LogP contribution is -2.46. The summed E-state index contributed by atoms with van der Waals surface area (Å²) in [6.45, 7) is 5.12. The predicted octanol–water partition coefficient (Wildman–Crippen LogP) is 1.44. The molecule has 0 amide bonds. The highest BCUT2D eigenvalue weighted by Gasteiger charge is 2.25. The number of hydrogen-bond donors (Lipinski definition) is 1. The van der Waals surface area contributed by atoms with Crippen LogP contribution in [0.4, 0.5) is 5.13 Å². The van der Waals surface area contributed by atoms with E-state index in [9.17, 15) is 8.42 Å². The van der Waals surface area contributed by atoms with Gasteiger partial charge in [0.05, 0.1) is 5.25 Å². The fourth-order valence-corrected chi connectivity index (χ4v) is 3.60. The number of sulfonamides is 1. The SMILES string of the molecule is CC(C)S(=O)(=O)NC1CCN(c2nccs2)CC1. The number of piperidine rings is 1. The van der Waals surface area contributed by atoms with Gasteiger partial charge in [-0.3, -0.25) is 0 Å². The third-order valence-corrected chi connectivity index (χ3v) is 5.87. The molecule has 2 heterocycles. The molecule has 0 aromatic carbocycles. The summed E-state index contributed by atoms with van der Waals surface area (Å²) in [4.78, 5) is 6.49. The Kier molecular flexibility index (Phi) is 4.24. The Labute approximate surface area is 112 Å². The smallest absolute Gasteiger partial charge is 0.214 e. The number of anilines is 1. The summed E-state index contributed by atoms with van der Waals surface area (Å²) in [5.41, 5.74) is 0. The van der Waals surface area contributed by atoms with Crippen molar-refractivity contribution in [2.45, 2.75) is 38.0 Å². The monoisotopic (exact) mass is 289 g/mol. The van der Waals surface area contributed by atoms with Crippen LogP contribution in [0.15, 0.2) is 11.6 Å². The zero-order valence-corrected chi connectivity index (χ0v) is 12.3. The molecule has 0 bridgehead atoms. The molecule has 5 nitrogen and oxygen atoms in total. The first-order valence-electron chi connectivity index (χ1n) is 6.14. The lowest BCUT2D eigenvalue weighted by Gasteiger charge is -2.32. The molecule has 102 valence electrons. The maximum absolute atomic E-state index is 11.8. The second kappa shape index (κ2) is 5.54. The molecule has 0 saturated carbocycles. The summed E-state index contributed by atoms with van der Waals surface area (Å²) >= 11 is 1.62. The molecule has 1 fully saturated rings. The molecule has 1 aliphatic heterocycles. The van der Waals surface area contributed by atoms with E-state index >= 15 is 0 Å². The lowest BCUT2D eigenvalue weighted by molar-refractivity contribution is 0.457. The highest BCUT2D eigenvalue weighted by molar-refractivity contribution is 7.90. The number of aromatic nitrogens is 1. The quantitative estimate of drug-likeness (QED) is 0.911. The van der Waals surface area contributed by atoms with Crippen molar-refractivity contribution in [1.29, 1.82) is 0 Å². The van der Waals surface area contributed by atoms with Gasteiger partial charge in [-0.25, -0.2) is 18.1 Å². The van der Waals surface area contributed by atoms with Gasteiger partial charge in [0.1, 0.15) is 0 Å². The molecular formula is C11H19N3O2S2. The van der Waals surface area contributed by atoms with Crippen LogP contribution in [0.25, 0.3) is 0 Å². The van der Waals surface area contributed by atoms with Gasteiger partial charge in [-0.1, -0.05) is 0 Å². The third kappa shape index (κ3) is 3.21. The molecule has 0 aliphatic carbocycles. The fourth-order valence-electron chi connectivity index (χ4n) is 1.93. The van der Waals surface area contributed by atoms with Gasteiger partial charge in [0, 0.05) is 30.7 Å². The molecule has 1 N–H and O–H groups in total. The third-order valence-electron chi connectivity index (χ3n) is 3.14. The maximum Gasteiger partial charge on any atom is 0.214 e. The van der Waals surface area contributed by atoms with Gasteiger partial charge < -0.3 is 4.90 Å². The van der Waals surface area contributed by atoms with Crippen molar-refractivity contribution in [3.8, 4) is 0 Å². The van der Waals surface area contributed by atoms with Crippen LogP contribution in [0.2, 0.25) is 0 Å². The van der Waals surface area contributed by atoms with Gasteiger partial charge in [0.15, 0.2) is 5.13 Å². The van der Waals surface area contributed by atoms with E-state index in [0.29, 0.717) is 0 Å². The Balaban J connectivity index is 1.88. The topological polar surface area (TPSA) is 62.3 Å². The minimum atomic E-state index is -3.15. The summed E-state index contributed by atoms with van der Waals surface area (Å²) < 4.78 is 26.3. The Bertz CT molecular complexity index is 462. The van der Waals surface area contributed by atoms with E-state index < -0.39 is 10.0 Å². The van der Waals surface area contributed by atoms with Gasteiger partial charge in [0.25, 0.3) is 0 Å². The second-order valence-corrected chi connectivity index (χ2v) is 7.93. The molecule has 2 rings (SSSR count). The van der Waals surface area contributed by atoms with Crippen LogP contribution >= 0.6 is 11.3 Å². The molecule has 0 spiro atoms. The Morgan fingerprint density at radius 1 is 1.44 bits per heavy atom. The molecular weight excluding hydrogens is 270 g/mol. The van der Waals surface area contributed by atoms with Gasteiger partial charge >= 0.3 is 0 Å². The first-order valence-corrected chi connectivity index (χ1v) is 8.57. The van der Waals surface area contributed by atoms with Crippen LogP contribution in [0.3, 0.4) is 0 Å². The molecule has 1 saturated heterocycles. The van der Waals surface area contributed by atoms with Crippen molar-refractivity contribution in [3.63, 3.8) is 0 Å². The van der Waals surface area contributed by atoms with Crippen LogP contribution < -0.4 is 9.62 Å². The first-order chi connectivity index (χ1) is 8.49. The van der Waals surface area contributed by atoms with Crippen molar-refractivity contribution in [1.82, 2.24) is 9.71 Å². The van der Waals surface area contributed by atoms with E-state index in [1.54, 1.807) is 31.4 Å². The van der Waals surface area contributed by atoms with Gasteiger partial charge in [-0.2, -0.15) is 0 Å². The average molecular weight is 289 g/mol. The van der Waals surface area contributed by atoms with Gasteiger partial charge in [-0.15, -0.1) is 11.3 Å². The molecule has 7 heteroatoms. The van der Waals surface area contributed by atoms with E-state index in [-0.39, 0.29) is 11.3 Å². The molecule has 1 aliphatic rings. The number of nitrogens with zero attached hydrogens (tertiary/aromatic N) is 2. The van der Waals surface area contributed by atoms with Crippen LogP contribution in [-0.4, -0.2) is 37.8 Å². The van der Waals surface area contributed by atoms with Crippen molar-refractivity contribution in [3.05, 3.63) is 11.6 Å². The second-order valence-electron chi connectivity index (χ2n) is 4.79. The summed E-state index contributed by atoms with van der Waals surface area (Å²) in [7, 11) is -3.15. The van der Waals surface area contributed by atoms with E-state index in [1.807, 2.05) is 5.38 Å². The zero-order chi connectivity index (χ0) is 13.2. The number of rotatable bonds is 4. The van der Waals surface area contributed by atoms with Crippen molar-refractivity contribution in [2.75, 3.05) is 18.0 Å². The van der Waals surface area contributed by atoms with Crippen molar-refractivity contribution in [2.24, 2.45) is 0 Å². The maximum atomic E-state index is 11.8. The molecule has 1 aromatic heterocycles. The minimum Gasteiger partial charge on any atom is -0.348 e. The standard InChI is InChI=1S/C11H19N3O2S2/c1-9(2)18(15,16)13-10-3-6-14(7-4-10)11-12-5-8-17-11/h5,8-10,13H,3-4,6-7H2,1-2H3. The number of hydrogen-bond acceptors (Lipinski definition) is 5. The Morgan fingerprint density at radius 2 is 2.11 bits per heavy atom. The van der Waals surface area contributed by atoms with E-state index in [2.05, 4.69) is 14.6 Å². The van der Waals surface area contributed by atoms with Gasteiger partial charge in [-0.05, 0) is 26.7 Å². The molecule has 0 unspecified atom stereocenters. The summed E-state index contributed by atoms with van der Waals surface area (Å²) in [5.74, 6) is 0. The van der Waals surface area contributed by atoms with Crippen LogP contribution in [0.1, 0.15) is 26.7 Å². The van der Waals surface area contributed by atoms with E-state index in [1.165, 1.54) is 0 Å². The van der Waals surface area contributed by atoms with Crippen LogP contribution in [0.5, 0.6) is 0 Å². The summed E-state index contributed by atoms with van der Waals surface area (Å²) in [5, 5.41) is 2.62. The first kappa shape index (κ1) is 13.8. The lowest BCUT2D eigenvalue weighted by atomic mass is 10.1. The van der Waals surface area contributed by atoms with E-state index in [4.69, 9.17) is 0 Å². The molecule has 1 aromatic rings. The van der Waals surface area contributed by atoms with E-state index in [0.717, 1.165) is 31.1 Å². The number of nitrogens with one attached hydrogen (secondary N) is 1. The normalized spacial score (nSPS) is 18.5. The van der Waals surface area contributed by atoms with Crippen LogP contribution in [-0.2, 0) is 10.0 Å². The van der Waals surface area contributed by atoms with Crippen molar-refractivity contribution < 1.29 is 8.42 Å². The van der Waals surface area contributed by atoms with Crippen LogP contribution in [0, 0.1) is 0 Å². The Hall–Kier alpha value is -0.660. The highest BCUT2D eigenvalue weighted by Crippen LogP contribution is 2.22.